The van der Waals surface area contributed by atoms with E-state index in [4.69, 9.17) is 9.84 Å². The van der Waals surface area contributed by atoms with Gasteiger partial charge in [-0.25, -0.2) is 19.1 Å². The number of hydrogen-bond acceptors (Lipinski definition) is 4. The predicted molar refractivity (Wildman–Crippen MR) is 49.8 cm³/mol. The number of amides is 1. The van der Waals surface area contributed by atoms with E-state index < -0.39 is 12.8 Å². The van der Waals surface area contributed by atoms with Crippen molar-refractivity contribution in [2.45, 2.75) is 6.67 Å². The van der Waals surface area contributed by atoms with Gasteiger partial charge in [0, 0.05) is 13.1 Å². The van der Waals surface area contributed by atoms with Gasteiger partial charge in [0.05, 0.1) is 12.8 Å². The molecule has 0 aliphatic carbocycles. The van der Waals surface area contributed by atoms with E-state index >= 15 is 0 Å². The Balaban J connectivity index is 3.11. The smallest absolute Gasteiger partial charge is 0.413 e. The topological polar surface area (TPSA) is 75.5 Å². The third kappa shape index (κ3) is 2.52. The molecule has 7 heteroatoms. The summed E-state index contributed by atoms with van der Waals surface area (Å²) >= 11 is 0. The van der Waals surface area contributed by atoms with E-state index in [-0.39, 0.29) is 17.5 Å². The molecule has 1 rings (SSSR count). The van der Waals surface area contributed by atoms with Crippen LogP contribution in [-0.4, -0.2) is 35.3 Å². The lowest BCUT2D eigenvalue weighted by Crippen LogP contribution is -2.26. The lowest BCUT2D eigenvalue weighted by Gasteiger charge is -2.12. The average Bonchev–Trinajstić information content (AvgIpc) is 2.27. The third-order valence-corrected chi connectivity index (χ3v) is 1.68. The molecule has 0 radical (unpaired) electrons. The number of anilines is 1. The highest BCUT2D eigenvalue weighted by Crippen LogP contribution is 2.15. The Morgan fingerprint density at radius 1 is 1.67 bits per heavy atom. The Morgan fingerprint density at radius 3 is 2.80 bits per heavy atom. The molecule has 6 nitrogen and oxygen atoms in total. The summed E-state index contributed by atoms with van der Waals surface area (Å²) < 4.78 is 17.2. The van der Waals surface area contributed by atoms with Gasteiger partial charge < -0.3 is 9.84 Å². The zero-order chi connectivity index (χ0) is 11.4. The van der Waals surface area contributed by atoms with Crippen LogP contribution in [0, 0.1) is 0 Å². The summed E-state index contributed by atoms with van der Waals surface area (Å²) in [7, 11) is 2.62. The number of carbonyl (C=O) groups is 1. The predicted octanol–water partition coefficient (Wildman–Crippen LogP) is 1.07. The van der Waals surface area contributed by atoms with Crippen LogP contribution in [-0.2, 0) is 6.67 Å². The number of nitrogens with zero attached hydrogens (tertiary/aromatic N) is 3. The van der Waals surface area contributed by atoms with Gasteiger partial charge in [-0.2, -0.15) is 4.98 Å². The van der Waals surface area contributed by atoms with Crippen LogP contribution in [0.2, 0.25) is 0 Å². The summed E-state index contributed by atoms with van der Waals surface area (Å²) in [5.41, 5.74) is 0.0740. The molecule has 82 valence electrons. The molecule has 1 amide bonds. The first-order valence-electron chi connectivity index (χ1n) is 4.03. The fourth-order valence-corrected chi connectivity index (χ4v) is 0.868. The van der Waals surface area contributed by atoms with Gasteiger partial charge in [-0.15, -0.1) is 0 Å². The largest absolute Gasteiger partial charge is 0.481 e. The molecular formula is C8H10FN3O3. The molecule has 0 bridgehead atoms. The number of halogens is 1. The molecule has 0 saturated heterocycles. The summed E-state index contributed by atoms with van der Waals surface area (Å²) in [4.78, 5) is 18.9. The fourth-order valence-electron chi connectivity index (χ4n) is 0.868. The fraction of sp³-hybridized carbons (Fsp3) is 0.375. The number of aromatic nitrogens is 2. The van der Waals surface area contributed by atoms with Crippen LogP contribution >= 0.6 is 0 Å². The van der Waals surface area contributed by atoms with Gasteiger partial charge in [0.25, 0.3) is 0 Å². The zero-order valence-corrected chi connectivity index (χ0v) is 8.27. The Bertz CT molecular complexity index is 350. The van der Waals surface area contributed by atoms with E-state index in [1.165, 1.54) is 20.2 Å². The second kappa shape index (κ2) is 4.54. The molecule has 0 unspecified atom stereocenters. The zero-order valence-electron chi connectivity index (χ0n) is 8.27. The van der Waals surface area contributed by atoms with E-state index in [0.29, 0.717) is 0 Å². The number of rotatable bonds is 3. The lowest BCUT2D eigenvalue weighted by molar-refractivity contribution is 0.203. The highest BCUT2D eigenvalue weighted by atomic mass is 19.1. The van der Waals surface area contributed by atoms with Crippen molar-refractivity contribution in [3.05, 3.63) is 11.8 Å². The molecule has 0 saturated carbocycles. The molecule has 0 spiro atoms. The van der Waals surface area contributed by atoms with Crippen LogP contribution in [0.15, 0.2) is 6.07 Å². The molecule has 0 aliphatic rings. The van der Waals surface area contributed by atoms with Crippen molar-refractivity contribution in [2.75, 3.05) is 19.1 Å². The minimum Gasteiger partial charge on any atom is -0.481 e. The van der Waals surface area contributed by atoms with Gasteiger partial charge in [0.2, 0.25) is 11.8 Å². The minimum absolute atomic E-state index is 0.0740. The van der Waals surface area contributed by atoms with Crippen molar-refractivity contribution in [3.8, 4) is 5.88 Å². The maximum Gasteiger partial charge on any atom is 0.413 e. The SMILES string of the molecule is COc1cc(CF)nc(N(C)C(=O)O)n1. The molecule has 1 aromatic heterocycles. The molecule has 0 fully saturated rings. The van der Waals surface area contributed by atoms with Crippen LogP contribution in [0.5, 0.6) is 5.88 Å². The van der Waals surface area contributed by atoms with Crippen molar-refractivity contribution in [1.82, 2.24) is 9.97 Å². The molecule has 0 aromatic carbocycles. The quantitative estimate of drug-likeness (QED) is 0.816. The van der Waals surface area contributed by atoms with Crippen molar-refractivity contribution in [3.63, 3.8) is 0 Å². The van der Waals surface area contributed by atoms with Gasteiger partial charge >= 0.3 is 6.09 Å². The second-order valence-corrected chi connectivity index (χ2v) is 2.68. The van der Waals surface area contributed by atoms with Crippen molar-refractivity contribution in [1.29, 1.82) is 0 Å². The van der Waals surface area contributed by atoms with Crippen LogP contribution in [0.1, 0.15) is 5.69 Å². The maximum atomic E-state index is 12.4. The first-order chi connectivity index (χ1) is 7.08. The van der Waals surface area contributed by atoms with Gasteiger partial charge in [0.1, 0.15) is 6.67 Å². The molecule has 1 N–H and O–H groups in total. The number of methoxy groups -OCH3 is 1. The second-order valence-electron chi connectivity index (χ2n) is 2.68. The lowest BCUT2D eigenvalue weighted by atomic mass is 10.4. The molecule has 15 heavy (non-hydrogen) atoms. The van der Waals surface area contributed by atoms with Crippen LogP contribution < -0.4 is 9.64 Å². The maximum absolute atomic E-state index is 12.4. The first kappa shape index (κ1) is 11.2. The third-order valence-electron chi connectivity index (χ3n) is 1.68. The molecule has 0 aliphatic heterocycles. The highest BCUT2D eigenvalue weighted by Gasteiger charge is 2.14. The number of alkyl halides is 1. The van der Waals surface area contributed by atoms with Crippen LogP contribution in [0.4, 0.5) is 15.1 Å². The van der Waals surface area contributed by atoms with Crippen molar-refractivity contribution in [2.24, 2.45) is 0 Å². The normalized spacial score (nSPS) is 9.80. The highest BCUT2D eigenvalue weighted by molar-refractivity contribution is 5.82. The Hall–Kier alpha value is -1.92. The number of ether oxygens (including phenoxy) is 1. The molecule has 1 heterocycles. The summed E-state index contributed by atoms with van der Waals surface area (Å²) in [5, 5.41) is 8.67. The van der Waals surface area contributed by atoms with E-state index in [9.17, 15) is 9.18 Å². The molecule has 1 aromatic rings. The molecular weight excluding hydrogens is 205 g/mol. The molecule has 0 atom stereocenters. The Morgan fingerprint density at radius 2 is 2.33 bits per heavy atom. The van der Waals surface area contributed by atoms with Crippen LogP contribution in [0.3, 0.4) is 0 Å². The summed E-state index contributed by atoms with van der Waals surface area (Å²) in [6.07, 6.45) is -1.23. The summed E-state index contributed by atoms with van der Waals surface area (Å²) in [6.45, 7) is -0.806. The van der Waals surface area contributed by atoms with Crippen molar-refractivity contribution < 1.29 is 19.0 Å². The minimum atomic E-state index is -1.23. The van der Waals surface area contributed by atoms with E-state index in [1.54, 1.807) is 0 Å². The number of hydrogen-bond donors (Lipinski definition) is 1. The summed E-state index contributed by atoms with van der Waals surface area (Å²) in [5.74, 6) is 0.00949. The monoisotopic (exact) mass is 215 g/mol. The van der Waals surface area contributed by atoms with E-state index in [2.05, 4.69) is 9.97 Å². The number of carboxylic acid groups (broad SMARTS) is 1. The van der Waals surface area contributed by atoms with Gasteiger partial charge in [-0.1, -0.05) is 0 Å². The van der Waals surface area contributed by atoms with Crippen molar-refractivity contribution >= 4 is 12.0 Å². The Labute approximate surface area is 85.3 Å². The average molecular weight is 215 g/mol. The van der Waals surface area contributed by atoms with Gasteiger partial charge in [0.15, 0.2) is 0 Å². The van der Waals surface area contributed by atoms with Crippen LogP contribution in [0.25, 0.3) is 0 Å². The summed E-state index contributed by atoms with van der Waals surface area (Å²) in [6, 6.07) is 1.30. The first-order valence-corrected chi connectivity index (χ1v) is 4.03. The van der Waals surface area contributed by atoms with Gasteiger partial charge in [-0.05, 0) is 0 Å². The Kier molecular flexibility index (Phi) is 3.37. The van der Waals surface area contributed by atoms with Gasteiger partial charge in [-0.3, -0.25) is 0 Å². The van der Waals surface area contributed by atoms with E-state index in [1.807, 2.05) is 0 Å². The van der Waals surface area contributed by atoms with E-state index in [0.717, 1.165) is 4.90 Å². The standard InChI is InChI=1S/C8H10FN3O3/c1-12(8(13)14)7-10-5(4-9)3-6(11-7)15-2/h3H,4H2,1-2H3,(H,13,14).